The number of benzene rings is 1. The van der Waals surface area contributed by atoms with Gasteiger partial charge in [0, 0.05) is 24.8 Å². The molecule has 2 heteroatoms. The molecule has 0 spiro atoms. The molecule has 0 saturated heterocycles. The van der Waals surface area contributed by atoms with E-state index in [1.54, 1.807) is 0 Å². The molecule has 0 bridgehead atoms. The van der Waals surface area contributed by atoms with Crippen molar-refractivity contribution in [3.05, 3.63) is 29.8 Å². The Bertz CT molecular complexity index is 354. The first-order valence-corrected chi connectivity index (χ1v) is 7.29. The number of hydrogen-bond donors (Lipinski definition) is 1. The first-order valence-electron chi connectivity index (χ1n) is 7.29. The minimum Gasteiger partial charge on any atom is -0.370 e. The number of hydrogen-bond acceptors (Lipinski definition) is 2. The Balaban J connectivity index is 2.00. The van der Waals surface area contributed by atoms with Crippen LogP contribution in [0.3, 0.4) is 0 Å². The number of nitrogens with one attached hydrogen (secondary N) is 1. The maximum atomic E-state index is 3.65. The first kappa shape index (κ1) is 13.4. The zero-order chi connectivity index (χ0) is 13.0. The van der Waals surface area contributed by atoms with Crippen LogP contribution in [0, 0.1) is 12.8 Å². The lowest BCUT2D eigenvalue weighted by Crippen LogP contribution is -2.42. The van der Waals surface area contributed by atoms with Gasteiger partial charge in [-0.25, -0.2) is 0 Å². The Morgan fingerprint density at radius 2 is 1.89 bits per heavy atom. The van der Waals surface area contributed by atoms with Crippen LogP contribution in [0.5, 0.6) is 0 Å². The molecule has 0 amide bonds. The Hall–Kier alpha value is -1.02. The topological polar surface area (TPSA) is 15.3 Å². The standard InChI is InChI=1S/C16H26N2/c1-4-17-16(14-8-9-14)12-18(5-2)15-10-6-13(3)7-11-15/h6-7,10-11,14,16-17H,4-5,8-9,12H2,1-3H3. The summed E-state index contributed by atoms with van der Waals surface area (Å²) in [6, 6.07) is 9.56. The second kappa shape index (κ2) is 6.24. The molecule has 1 aromatic rings. The smallest absolute Gasteiger partial charge is 0.0366 e. The molecule has 1 aliphatic rings. The first-order chi connectivity index (χ1) is 8.74. The zero-order valence-electron chi connectivity index (χ0n) is 11.9. The van der Waals surface area contributed by atoms with E-state index in [4.69, 9.17) is 0 Å². The molecule has 1 aliphatic carbocycles. The third-order valence-corrected chi connectivity index (χ3v) is 3.86. The summed E-state index contributed by atoms with van der Waals surface area (Å²) in [6.07, 6.45) is 2.81. The second-order valence-corrected chi connectivity index (χ2v) is 5.38. The molecule has 0 heterocycles. The summed E-state index contributed by atoms with van der Waals surface area (Å²) in [4.78, 5) is 2.49. The van der Waals surface area contributed by atoms with E-state index in [1.807, 2.05) is 0 Å². The van der Waals surface area contributed by atoms with Crippen molar-refractivity contribution in [1.29, 1.82) is 0 Å². The molecule has 2 rings (SSSR count). The highest BCUT2D eigenvalue weighted by Gasteiger charge is 2.31. The Morgan fingerprint density at radius 1 is 1.22 bits per heavy atom. The highest BCUT2D eigenvalue weighted by Crippen LogP contribution is 2.33. The zero-order valence-corrected chi connectivity index (χ0v) is 11.9. The maximum absolute atomic E-state index is 3.65. The van der Waals surface area contributed by atoms with E-state index in [9.17, 15) is 0 Å². The normalized spacial score (nSPS) is 16.6. The largest absolute Gasteiger partial charge is 0.370 e. The summed E-state index contributed by atoms with van der Waals surface area (Å²) in [5.41, 5.74) is 2.69. The summed E-state index contributed by atoms with van der Waals surface area (Å²) < 4.78 is 0. The molecule has 1 N–H and O–H groups in total. The average molecular weight is 246 g/mol. The molecule has 0 aliphatic heterocycles. The lowest BCUT2D eigenvalue weighted by Gasteiger charge is -2.29. The predicted molar refractivity (Wildman–Crippen MR) is 79.3 cm³/mol. The maximum Gasteiger partial charge on any atom is 0.0366 e. The van der Waals surface area contributed by atoms with Crippen molar-refractivity contribution in [2.75, 3.05) is 24.5 Å². The fourth-order valence-electron chi connectivity index (χ4n) is 2.55. The quantitative estimate of drug-likeness (QED) is 0.795. The number of rotatable bonds is 7. The number of likely N-dealkylation sites (N-methyl/N-ethyl adjacent to an activating group) is 2. The van der Waals surface area contributed by atoms with Crippen molar-refractivity contribution in [3.8, 4) is 0 Å². The van der Waals surface area contributed by atoms with Gasteiger partial charge in [0.1, 0.15) is 0 Å². The van der Waals surface area contributed by atoms with Crippen molar-refractivity contribution in [2.24, 2.45) is 5.92 Å². The number of anilines is 1. The molecule has 1 unspecified atom stereocenters. The molecule has 1 atom stereocenters. The van der Waals surface area contributed by atoms with Crippen LogP contribution < -0.4 is 10.2 Å². The SMILES string of the molecule is CCNC(CN(CC)c1ccc(C)cc1)C1CC1. The van der Waals surface area contributed by atoms with Crippen LogP contribution in [0.15, 0.2) is 24.3 Å². The lowest BCUT2D eigenvalue weighted by molar-refractivity contribution is 0.470. The van der Waals surface area contributed by atoms with Gasteiger partial charge in [0.2, 0.25) is 0 Å². The molecule has 100 valence electrons. The van der Waals surface area contributed by atoms with Crippen molar-refractivity contribution in [2.45, 2.75) is 39.7 Å². The van der Waals surface area contributed by atoms with E-state index in [1.165, 1.54) is 24.1 Å². The molecule has 0 aromatic heterocycles. The molecule has 0 radical (unpaired) electrons. The Kier molecular flexibility index (Phi) is 4.65. The van der Waals surface area contributed by atoms with Gasteiger partial charge in [0.15, 0.2) is 0 Å². The highest BCUT2D eigenvalue weighted by molar-refractivity contribution is 5.47. The summed E-state index contributed by atoms with van der Waals surface area (Å²) in [6.45, 7) is 9.89. The van der Waals surface area contributed by atoms with Crippen molar-refractivity contribution in [1.82, 2.24) is 5.32 Å². The van der Waals surface area contributed by atoms with Crippen LogP contribution in [0.1, 0.15) is 32.3 Å². The van der Waals surface area contributed by atoms with Crippen LogP contribution in [-0.2, 0) is 0 Å². The fourth-order valence-corrected chi connectivity index (χ4v) is 2.55. The van der Waals surface area contributed by atoms with Gasteiger partial charge in [-0.15, -0.1) is 0 Å². The number of nitrogens with zero attached hydrogens (tertiary/aromatic N) is 1. The molecule has 18 heavy (non-hydrogen) atoms. The lowest BCUT2D eigenvalue weighted by atomic mass is 10.1. The van der Waals surface area contributed by atoms with Crippen molar-refractivity contribution >= 4 is 5.69 Å². The Morgan fingerprint density at radius 3 is 2.39 bits per heavy atom. The Labute approximate surface area is 111 Å². The minimum atomic E-state index is 0.663. The van der Waals surface area contributed by atoms with Gasteiger partial charge in [-0.2, -0.15) is 0 Å². The van der Waals surface area contributed by atoms with Crippen LogP contribution in [0.2, 0.25) is 0 Å². The van der Waals surface area contributed by atoms with E-state index in [-0.39, 0.29) is 0 Å². The van der Waals surface area contributed by atoms with Gasteiger partial charge in [0.05, 0.1) is 0 Å². The summed E-state index contributed by atoms with van der Waals surface area (Å²) in [5.74, 6) is 0.907. The van der Waals surface area contributed by atoms with Crippen molar-refractivity contribution in [3.63, 3.8) is 0 Å². The van der Waals surface area contributed by atoms with Crippen molar-refractivity contribution < 1.29 is 0 Å². The van der Waals surface area contributed by atoms with E-state index < -0.39 is 0 Å². The molecular formula is C16H26N2. The van der Waals surface area contributed by atoms with Gasteiger partial charge >= 0.3 is 0 Å². The highest BCUT2D eigenvalue weighted by atomic mass is 15.2. The molecule has 1 saturated carbocycles. The molecular weight excluding hydrogens is 220 g/mol. The fraction of sp³-hybridized carbons (Fsp3) is 0.625. The van der Waals surface area contributed by atoms with Crippen LogP contribution in [-0.4, -0.2) is 25.7 Å². The average Bonchev–Trinajstić information content (AvgIpc) is 3.20. The summed E-state index contributed by atoms with van der Waals surface area (Å²) in [7, 11) is 0. The van der Waals surface area contributed by atoms with Gasteiger partial charge in [-0.1, -0.05) is 24.6 Å². The van der Waals surface area contributed by atoms with Gasteiger partial charge < -0.3 is 10.2 Å². The molecule has 1 aromatic carbocycles. The van der Waals surface area contributed by atoms with Crippen LogP contribution in [0.25, 0.3) is 0 Å². The third-order valence-electron chi connectivity index (χ3n) is 3.86. The summed E-state index contributed by atoms with van der Waals surface area (Å²) in [5, 5.41) is 3.65. The van der Waals surface area contributed by atoms with Gasteiger partial charge in [0.25, 0.3) is 0 Å². The minimum absolute atomic E-state index is 0.663. The van der Waals surface area contributed by atoms with Gasteiger partial charge in [-0.05, 0) is 51.3 Å². The number of aryl methyl sites for hydroxylation is 1. The van der Waals surface area contributed by atoms with E-state index in [0.29, 0.717) is 6.04 Å². The monoisotopic (exact) mass is 246 g/mol. The molecule has 1 fully saturated rings. The third kappa shape index (κ3) is 3.49. The van der Waals surface area contributed by atoms with Crippen LogP contribution >= 0.6 is 0 Å². The van der Waals surface area contributed by atoms with Gasteiger partial charge in [-0.3, -0.25) is 0 Å². The van der Waals surface area contributed by atoms with E-state index in [0.717, 1.165) is 25.6 Å². The molecule has 2 nitrogen and oxygen atoms in total. The van der Waals surface area contributed by atoms with E-state index >= 15 is 0 Å². The van der Waals surface area contributed by atoms with Crippen LogP contribution in [0.4, 0.5) is 5.69 Å². The second-order valence-electron chi connectivity index (χ2n) is 5.38. The summed E-state index contributed by atoms with van der Waals surface area (Å²) >= 11 is 0. The predicted octanol–water partition coefficient (Wildman–Crippen LogP) is 3.21. The van der Waals surface area contributed by atoms with E-state index in [2.05, 4.69) is 55.3 Å².